The lowest BCUT2D eigenvalue weighted by molar-refractivity contribution is -0.196. The van der Waals surface area contributed by atoms with Crippen LogP contribution < -0.4 is 0 Å². The van der Waals surface area contributed by atoms with Gasteiger partial charge in [0.2, 0.25) is 0 Å². The Morgan fingerprint density at radius 3 is 2.05 bits per heavy atom. The second-order valence-corrected chi connectivity index (χ2v) is 14.5. The molecule has 4 aliphatic rings. The van der Waals surface area contributed by atoms with Crippen molar-refractivity contribution in [2.45, 2.75) is 125 Å². The minimum absolute atomic E-state index is 0.00998. The molecule has 0 bridgehead atoms. The fraction of sp³-hybridized carbons (Fsp3) is 0.906. The second kappa shape index (κ2) is 11.1. The SMILES string of the molecule is CC(=O)O[C@H]1C[C@@H]2C(=O)C[C@@H]3[C@H](CC[C@]4(C)[C@@H]([C@H](C)[C@@H](O)[C@H](O)[C@H](C)C(C)C)CC[C@@H]34)[C@@]2(C)C[C@H]1OC(C)=O. The summed E-state index contributed by atoms with van der Waals surface area (Å²) < 4.78 is 11.3. The first-order chi connectivity index (χ1) is 18.1. The van der Waals surface area contributed by atoms with Crippen molar-refractivity contribution in [3.63, 3.8) is 0 Å². The zero-order valence-electron chi connectivity index (χ0n) is 25.3. The van der Waals surface area contributed by atoms with Crippen molar-refractivity contribution in [3.05, 3.63) is 0 Å². The molecule has 222 valence electrons. The smallest absolute Gasteiger partial charge is 0.303 e. The first-order valence-electron chi connectivity index (χ1n) is 15.3. The number of hydrogen-bond donors (Lipinski definition) is 2. The zero-order valence-corrected chi connectivity index (χ0v) is 25.3. The predicted molar refractivity (Wildman–Crippen MR) is 147 cm³/mol. The Labute approximate surface area is 234 Å². The van der Waals surface area contributed by atoms with Crippen molar-refractivity contribution in [1.82, 2.24) is 0 Å². The topological polar surface area (TPSA) is 110 Å². The molecule has 4 saturated carbocycles. The molecule has 0 unspecified atom stereocenters. The lowest BCUT2D eigenvalue weighted by Crippen LogP contribution is -2.60. The molecule has 39 heavy (non-hydrogen) atoms. The highest BCUT2D eigenvalue weighted by molar-refractivity contribution is 5.83. The Morgan fingerprint density at radius 1 is 0.872 bits per heavy atom. The Morgan fingerprint density at radius 2 is 1.46 bits per heavy atom. The van der Waals surface area contributed by atoms with Gasteiger partial charge in [0.25, 0.3) is 0 Å². The molecule has 7 heteroatoms. The number of carbonyl (C=O) groups is 3. The molecule has 0 spiro atoms. The molecule has 0 aromatic rings. The highest BCUT2D eigenvalue weighted by Crippen LogP contribution is 2.68. The van der Waals surface area contributed by atoms with Crippen molar-refractivity contribution < 1.29 is 34.1 Å². The molecule has 0 aliphatic heterocycles. The number of rotatable bonds is 7. The van der Waals surface area contributed by atoms with Gasteiger partial charge in [-0.25, -0.2) is 0 Å². The number of ketones is 1. The third-order valence-corrected chi connectivity index (χ3v) is 12.3. The molecular weight excluding hydrogens is 496 g/mol. The van der Waals surface area contributed by atoms with Crippen LogP contribution in [-0.4, -0.2) is 52.4 Å². The van der Waals surface area contributed by atoms with Gasteiger partial charge in [0, 0.05) is 26.2 Å². The van der Waals surface area contributed by atoms with E-state index in [0.29, 0.717) is 37.0 Å². The molecule has 0 radical (unpaired) electrons. The summed E-state index contributed by atoms with van der Waals surface area (Å²) in [5, 5.41) is 22.2. The van der Waals surface area contributed by atoms with Crippen molar-refractivity contribution in [2.24, 2.45) is 58.2 Å². The van der Waals surface area contributed by atoms with Crippen LogP contribution >= 0.6 is 0 Å². The van der Waals surface area contributed by atoms with E-state index in [-0.39, 0.29) is 46.2 Å². The third-order valence-electron chi connectivity index (χ3n) is 12.3. The molecule has 7 nitrogen and oxygen atoms in total. The van der Waals surface area contributed by atoms with Gasteiger partial charge < -0.3 is 19.7 Å². The van der Waals surface area contributed by atoms with E-state index in [1.807, 2.05) is 6.92 Å². The van der Waals surface area contributed by atoms with Gasteiger partial charge in [-0.2, -0.15) is 0 Å². The minimum atomic E-state index is -0.767. The van der Waals surface area contributed by atoms with Crippen LogP contribution in [0.1, 0.15) is 100 Å². The molecular formula is C32H52O7. The van der Waals surface area contributed by atoms with E-state index >= 15 is 0 Å². The zero-order chi connectivity index (χ0) is 29.0. The summed E-state index contributed by atoms with van der Waals surface area (Å²) in [4.78, 5) is 37.6. The van der Waals surface area contributed by atoms with Crippen LogP contribution in [0.4, 0.5) is 0 Å². The fourth-order valence-electron chi connectivity index (χ4n) is 9.86. The normalized spacial score (nSPS) is 42.9. The number of hydrogen-bond acceptors (Lipinski definition) is 7. The summed E-state index contributed by atoms with van der Waals surface area (Å²) in [6, 6.07) is 0. The summed E-state index contributed by atoms with van der Waals surface area (Å²) in [7, 11) is 0. The quantitative estimate of drug-likeness (QED) is 0.433. The van der Waals surface area contributed by atoms with Gasteiger partial charge in [0.1, 0.15) is 18.0 Å². The molecule has 0 amide bonds. The maximum Gasteiger partial charge on any atom is 0.303 e. The van der Waals surface area contributed by atoms with Gasteiger partial charge in [0.05, 0.1) is 12.2 Å². The summed E-state index contributed by atoms with van der Waals surface area (Å²) in [6.07, 6.45) is 2.91. The van der Waals surface area contributed by atoms with Gasteiger partial charge in [-0.15, -0.1) is 0 Å². The molecule has 0 aromatic carbocycles. The van der Waals surface area contributed by atoms with Gasteiger partial charge in [-0.05, 0) is 90.8 Å². The molecule has 0 aromatic heterocycles. The van der Waals surface area contributed by atoms with Gasteiger partial charge >= 0.3 is 11.9 Å². The van der Waals surface area contributed by atoms with Crippen LogP contribution in [0.15, 0.2) is 0 Å². The number of fused-ring (bicyclic) bond motifs is 5. The van der Waals surface area contributed by atoms with E-state index in [2.05, 4.69) is 34.6 Å². The first-order valence-corrected chi connectivity index (χ1v) is 15.3. The highest BCUT2D eigenvalue weighted by Gasteiger charge is 2.64. The van der Waals surface area contributed by atoms with Crippen molar-refractivity contribution >= 4 is 17.7 Å². The van der Waals surface area contributed by atoms with Crippen molar-refractivity contribution in [2.75, 3.05) is 0 Å². The maximum absolute atomic E-state index is 13.8. The molecule has 4 rings (SSSR count). The molecule has 13 atom stereocenters. The highest BCUT2D eigenvalue weighted by atomic mass is 16.6. The fourth-order valence-corrected chi connectivity index (χ4v) is 9.86. The van der Waals surface area contributed by atoms with Crippen LogP contribution in [0.2, 0.25) is 0 Å². The lowest BCUT2D eigenvalue weighted by atomic mass is 9.43. The van der Waals surface area contributed by atoms with E-state index in [1.165, 1.54) is 13.8 Å². The Bertz CT molecular complexity index is 947. The van der Waals surface area contributed by atoms with E-state index in [0.717, 1.165) is 25.7 Å². The maximum atomic E-state index is 13.8. The van der Waals surface area contributed by atoms with Crippen molar-refractivity contribution in [1.29, 1.82) is 0 Å². The number of Topliss-reactive ketones (excluding diaryl/α,β-unsaturated/α-hetero) is 1. The standard InChI is InChI=1S/C32H52O7/c1-16(2)17(3)29(36)30(37)18(4)22-9-10-23-21-13-26(35)25-14-27(38-19(5)33)28(39-20(6)34)15-32(25,8)24(21)11-12-31(22,23)7/h16-18,21-25,27-30,36-37H,9-15H2,1-8H3/t17-,18+,21+,22-,23+,24+,25-,27+,28-,29-,30-,31-,32-/m1/s1. The van der Waals surface area contributed by atoms with Crippen LogP contribution in [-0.2, 0) is 23.9 Å². The monoisotopic (exact) mass is 548 g/mol. The number of esters is 2. The van der Waals surface area contributed by atoms with Crippen LogP contribution in [0, 0.1) is 58.2 Å². The second-order valence-electron chi connectivity index (χ2n) is 14.5. The summed E-state index contributed by atoms with van der Waals surface area (Å²) in [5.41, 5.74) is -0.305. The van der Waals surface area contributed by atoms with Crippen LogP contribution in [0.5, 0.6) is 0 Å². The van der Waals surface area contributed by atoms with E-state index < -0.39 is 36.4 Å². The van der Waals surface area contributed by atoms with Gasteiger partial charge in [-0.3, -0.25) is 14.4 Å². The van der Waals surface area contributed by atoms with Crippen LogP contribution in [0.25, 0.3) is 0 Å². The van der Waals surface area contributed by atoms with Gasteiger partial charge in [-0.1, -0.05) is 41.5 Å². The molecule has 4 fully saturated rings. The number of aliphatic hydroxyl groups is 2. The van der Waals surface area contributed by atoms with Gasteiger partial charge in [0.15, 0.2) is 0 Å². The molecule has 0 saturated heterocycles. The van der Waals surface area contributed by atoms with E-state index in [4.69, 9.17) is 9.47 Å². The van der Waals surface area contributed by atoms with E-state index in [9.17, 15) is 24.6 Å². The Kier molecular flexibility index (Phi) is 8.66. The van der Waals surface area contributed by atoms with Crippen molar-refractivity contribution in [3.8, 4) is 0 Å². The summed E-state index contributed by atoms with van der Waals surface area (Å²) in [5.74, 6) is 0.783. The first kappa shape index (κ1) is 30.5. The number of aliphatic hydroxyl groups excluding tert-OH is 2. The Hall–Kier alpha value is -1.47. The molecule has 0 heterocycles. The Balaban J connectivity index is 1.57. The minimum Gasteiger partial charge on any atom is -0.459 e. The third kappa shape index (κ3) is 5.31. The summed E-state index contributed by atoms with van der Waals surface area (Å²) in [6.45, 7) is 15.6. The number of carbonyl (C=O) groups excluding carboxylic acids is 3. The predicted octanol–water partition coefficient (Wildman–Crippen LogP) is 4.95. The average molecular weight is 549 g/mol. The van der Waals surface area contributed by atoms with E-state index in [1.54, 1.807) is 0 Å². The largest absolute Gasteiger partial charge is 0.459 e. The summed E-state index contributed by atoms with van der Waals surface area (Å²) >= 11 is 0. The average Bonchev–Trinajstić information content (AvgIpc) is 3.20. The molecule has 2 N–H and O–H groups in total. The van der Waals surface area contributed by atoms with Crippen LogP contribution in [0.3, 0.4) is 0 Å². The lowest BCUT2D eigenvalue weighted by Gasteiger charge is -2.61. The number of ether oxygens (including phenoxy) is 2. The molecule has 4 aliphatic carbocycles.